The van der Waals surface area contributed by atoms with E-state index in [2.05, 4.69) is 21.5 Å². The Bertz CT molecular complexity index is 364. The van der Waals surface area contributed by atoms with Crippen molar-refractivity contribution in [3.8, 4) is 0 Å². The van der Waals surface area contributed by atoms with Crippen LogP contribution in [0, 0.1) is 5.92 Å². The van der Waals surface area contributed by atoms with E-state index in [0.717, 1.165) is 24.1 Å². The number of carbonyl (C=O) groups excluding carboxylic acids is 1. The lowest BCUT2D eigenvalue weighted by Crippen LogP contribution is -2.18. The summed E-state index contributed by atoms with van der Waals surface area (Å²) in [5.74, 6) is 0.418. The monoisotopic (exact) mass is 226 g/mol. The Hall–Kier alpha value is -1.10. The first kappa shape index (κ1) is 10.4. The molecule has 1 unspecified atom stereocenters. The summed E-state index contributed by atoms with van der Waals surface area (Å²) in [6.45, 7) is 4.30. The van der Waals surface area contributed by atoms with Crippen LogP contribution in [0.5, 0.6) is 0 Å². The van der Waals surface area contributed by atoms with Gasteiger partial charge in [-0.2, -0.15) is 0 Å². The molecule has 1 aromatic rings. The Morgan fingerprint density at radius 1 is 1.73 bits per heavy atom. The number of hydrogen-bond acceptors (Lipinski definition) is 5. The first-order valence-corrected chi connectivity index (χ1v) is 5.81. The van der Waals surface area contributed by atoms with Crippen molar-refractivity contribution < 1.29 is 9.53 Å². The lowest BCUT2D eigenvalue weighted by Gasteiger charge is -2.12. The lowest BCUT2D eigenvalue weighted by molar-refractivity contribution is 0.0606. The zero-order valence-corrected chi connectivity index (χ0v) is 9.71. The summed E-state index contributed by atoms with van der Waals surface area (Å²) >= 11 is 1.41. The molecule has 1 saturated heterocycles. The largest absolute Gasteiger partial charge is 0.465 e. The quantitative estimate of drug-likeness (QED) is 0.721. The number of nitrogens with zero attached hydrogens (tertiary/aromatic N) is 2. The predicted molar refractivity (Wildman–Crippen MR) is 59.4 cm³/mol. The van der Waals surface area contributed by atoms with E-state index in [9.17, 15) is 4.79 Å². The first-order valence-electron chi connectivity index (χ1n) is 5.00. The molecule has 0 amide bonds. The van der Waals surface area contributed by atoms with Gasteiger partial charge >= 0.3 is 5.97 Å². The Labute approximate surface area is 92.9 Å². The van der Waals surface area contributed by atoms with Gasteiger partial charge in [0.1, 0.15) is 4.88 Å². The van der Waals surface area contributed by atoms with Crippen LogP contribution in [0.1, 0.15) is 23.0 Å². The number of thiazole rings is 1. The van der Waals surface area contributed by atoms with Gasteiger partial charge in [0.05, 0.1) is 13.3 Å². The van der Waals surface area contributed by atoms with Crippen molar-refractivity contribution in [2.24, 2.45) is 5.92 Å². The van der Waals surface area contributed by atoms with E-state index in [-0.39, 0.29) is 5.97 Å². The number of ether oxygens (including phenoxy) is 1. The molecule has 0 bridgehead atoms. The molecule has 1 fully saturated rings. The number of methoxy groups -OCH3 is 1. The first-order chi connectivity index (χ1) is 7.20. The Morgan fingerprint density at radius 3 is 3.13 bits per heavy atom. The molecule has 2 heterocycles. The topological polar surface area (TPSA) is 42.4 Å². The molecule has 1 aliphatic heterocycles. The molecule has 15 heavy (non-hydrogen) atoms. The molecule has 82 valence electrons. The fourth-order valence-electron chi connectivity index (χ4n) is 1.71. The molecule has 5 heteroatoms. The summed E-state index contributed by atoms with van der Waals surface area (Å²) in [5.41, 5.74) is 0. The second kappa shape index (κ2) is 4.18. The Balaban J connectivity index is 2.10. The number of carbonyl (C=O) groups is 1. The molecule has 1 atom stereocenters. The van der Waals surface area contributed by atoms with Crippen molar-refractivity contribution in [1.82, 2.24) is 4.98 Å². The van der Waals surface area contributed by atoms with Crippen LogP contribution in [-0.2, 0) is 4.74 Å². The molecule has 0 radical (unpaired) electrons. The molecule has 0 spiro atoms. The van der Waals surface area contributed by atoms with Crippen molar-refractivity contribution in [2.45, 2.75) is 13.3 Å². The zero-order valence-electron chi connectivity index (χ0n) is 8.90. The predicted octanol–water partition coefficient (Wildman–Crippen LogP) is 1.78. The minimum Gasteiger partial charge on any atom is -0.465 e. The summed E-state index contributed by atoms with van der Waals surface area (Å²) in [7, 11) is 1.39. The van der Waals surface area contributed by atoms with Gasteiger partial charge in [0.25, 0.3) is 0 Å². The van der Waals surface area contributed by atoms with Crippen LogP contribution in [-0.4, -0.2) is 31.2 Å². The Kier molecular flexibility index (Phi) is 2.90. The van der Waals surface area contributed by atoms with Crippen LogP contribution in [0.15, 0.2) is 6.20 Å². The highest BCUT2D eigenvalue weighted by Gasteiger charge is 2.22. The minimum atomic E-state index is -0.300. The summed E-state index contributed by atoms with van der Waals surface area (Å²) < 4.78 is 4.65. The molecule has 1 aliphatic rings. The molecule has 0 N–H and O–H groups in total. The van der Waals surface area contributed by atoms with Crippen LogP contribution in [0.25, 0.3) is 0 Å². The highest BCUT2D eigenvalue weighted by molar-refractivity contribution is 7.17. The van der Waals surface area contributed by atoms with Crippen LogP contribution in [0.2, 0.25) is 0 Å². The van der Waals surface area contributed by atoms with Gasteiger partial charge in [0.2, 0.25) is 0 Å². The second-order valence-electron chi connectivity index (χ2n) is 3.84. The van der Waals surface area contributed by atoms with E-state index in [0.29, 0.717) is 4.88 Å². The standard InChI is InChI=1S/C10H14N2O2S/c1-7-3-4-12(6-7)10-11-5-8(15-10)9(13)14-2/h5,7H,3-4,6H2,1-2H3. The third-order valence-electron chi connectivity index (χ3n) is 2.57. The molecule has 0 aromatic carbocycles. The summed E-state index contributed by atoms with van der Waals surface area (Å²) in [6.07, 6.45) is 2.79. The van der Waals surface area contributed by atoms with Crippen LogP contribution >= 0.6 is 11.3 Å². The molecule has 4 nitrogen and oxygen atoms in total. The lowest BCUT2D eigenvalue weighted by atomic mass is 10.2. The molecule has 2 rings (SSSR count). The van der Waals surface area contributed by atoms with Crippen LogP contribution in [0.3, 0.4) is 0 Å². The Morgan fingerprint density at radius 2 is 2.53 bits per heavy atom. The van der Waals surface area contributed by atoms with Crippen molar-refractivity contribution >= 4 is 22.4 Å². The van der Waals surface area contributed by atoms with Crippen molar-refractivity contribution in [3.05, 3.63) is 11.1 Å². The van der Waals surface area contributed by atoms with Crippen LogP contribution in [0.4, 0.5) is 5.13 Å². The SMILES string of the molecule is COC(=O)c1cnc(N2CCC(C)C2)s1. The third kappa shape index (κ3) is 2.12. The number of hydrogen-bond donors (Lipinski definition) is 0. The van der Waals surface area contributed by atoms with Gasteiger partial charge in [-0.15, -0.1) is 0 Å². The molecular weight excluding hydrogens is 212 g/mol. The maximum atomic E-state index is 11.2. The normalized spacial score (nSPS) is 20.7. The third-order valence-corrected chi connectivity index (χ3v) is 3.61. The average Bonchev–Trinajstić information content (AvgIpc) is 2.84. The molecule has 0 aliphatic carbocycles. The van der Waals surface area contributed by atoms with E-state index in [1.54, 1.807) is 6.20 Å². The molecule has 1 aromatic heterocycles. The van der Waals surface area contributed by atoms with E-state index in [1.807, 2.05) is 0 Å². The van der Waals surface area contributed by atoms with Gasteiger partial charge in [-0.3, -0.25) is 0 Å². The van der Waals surface area contributed by atoms with Crippen molar-refractivity contribution in [1.29, 1.82) is 0 Å². The van der Waals surface area contributed by atoms with Gasteiger partial charge in [0.15, 0.2) is 5.13 Å². The van der Waals surface area contributed by atoms with E-state index >= 15 is 0 Å². The summed E-state index contributed by atoms with van der Waals surface area (Å²) in [4.78, 5) is 18.3. The van der Waals surface area contributed by atoms with Gasteiger partial charge in [-0.25, -0.2) is 9.78 Å². The van der Waals surface area contributed by atoms with Gasteiger partial charge in [-0.05, 0) is 12.3 Å². The maximum Gasteiger partial charge on any atom is 0.349 e. The highest BCUT2D eigenvalue weighted by Crippen LogP contribution is 2.27. The van der Waals surface area contributed by atoms with Gasteiger partial charge in [-0.1, -0.05) is 18.3 Å². The summed E-state index contributed by atoms with van der Waals surface area (Å²) in [5, 5.41) is 0.930. The number of aromatic nitrogens is 1. The molecular formula is C10H14N2O2S. The highest BCUT2D eigenvalue weighted by atomic mass is 32.1. The average molecular weight is 226 g/mol. The van der Waals surface area contributed by atoms with Crippen molar-refractivity contribution in [2.75, 3.05) is 25.1 Å². The molecule has 0 saturated carbocycles. The van der Waals surface area contributed by atoms with E-state index in [4.69, 9.17) is 0 Å². The minimum absolute atomic E-state index is 0.300. The van der Waals surface area contributed by atoms with E-state index < -0.39 is 0 Å². The van der Waals surface area contributed by atoms with E-state index in [1.165, 1.54) is 24.9 Å². The fourth-order valence-corrected chi connectivity index (χ4v) is 2.58. The number of esters is 1. The number of anilines is 1. The maximum absolute atomic E-state index is 11.2. The van der Waals surface area contributed by atoms with Crippen molar-refractivity contribution in [3.63, 3.8) is 0 Å². The van der Waals surface area contributed by atoms with Gasteiger partial charge < -0.3 is 9.64 Å². The fraction of sp³-hybridized carbons (Fsp3) is 0.600. The summed E-state index contributed by atoms with van der Waals surface area (Å²) in [6, 6.07) is 0. The number of rotatable bonds is 2. The smallest absolute Gasteiger partial charge is 0.349 e. The van der Waals surface area contributed by atoms with Crippen LogP contribution < -0.4 is 4.90 Å². The second-order valence-corrected chi connectivity index (χ2v) is 4.85. The van der Waals surface area contributed by atoms with Gasteiger partial charge in [0, 0.05) is 13.1 Å². The zero-order chi connectivity index (χ0) is 10.8.